The average Bonchev–Trinajstić information content (AvgIpc) is 2.78. The molecule has 5 heteroatoms. The molecule has 0 aliphatic rings. The van der Waals surface area contributed by atoms with Gasteiger partial charge in [-0.3, -0.25) is 0 Å². The van der Waals surface area contributed by atoms with Gasteiger partial charge >= 0.3 is 0 Å². The first kappa shape index (κ1) is 14.6. The van der Waals surface area contributed by atoms with Crippen molar-refractivity contribution in [2.75, 3.05) is 0 Å². The Morgan fingerprint density at radius 1 is 1.32 bits per heavy atom. The van der Waals surface area contributed by atoms with Crippen LogP contribution in [0.4, 0.5) is 0 Å². The first-order valence-corrected chi connectivity index (χ1v) is 7.27. The van der Waals surface area contributed by atoms with E-state index in [2.05, 4.69) is 47.1 Å². The van der Waals surface area contributed by atoms with E-state index < -0.39 is 0 Å². The van der Waals surface area contributed by atoms with Gasteiger partial charge in [0.25, 0.3) is 0 Å². The zero-order valence-electron chi connectivity index (χ0n) is 11.2. The van der Waals surface area contributed by atoms with Gasteiger partial charge < -0.3 is 5.32 Å². The van der Waals surface area contributed by atoms with Crippen molar-refractivity contribution in [3.8, 4) is 5.69 Å². The molecule has 19 heavy (non-hydrogen) atoms. The second kappa shape index (κ2) is 5.65. The molecule has 0 aliphatic carbocycles. The fraction of sp³-hybridized carbons (Fsp3) is 0.357. The Morgan fingerprint density at radius 2 is 2.05 bits per heavy atom. The quantitative estimate of drug-likeness (QED) is 0.907. The highest BCUT2D eigenvalue weighted by Crippen LogP contribution is 2.24. The van der Waals surface area contributed by atoms with E-state index in [1.165, 1.54) is 0 Å². The summed E-state index contributed by atoms with van der Waals surface area (Å²) in [6.45, 7) is 7.16. The summed E-state index contributed by atoms with van der Waals surface area (Å²) in [5.41, 5.74) is 2.05. The number of nitrogens with zero attached hydrogens (tertiary/aromatic N) is 2. The minimum absolute atomic E-state index is 0.0880. The molecule has 0 amide bonds. The maximum absolute atomic E-state index is 6.09. The van der Waals surface area contributed by atoms with Gasteiger partial charge in [-0.1, -0.05) is 11.6 Å². The Kier molecular flexibility index (Phi) is 4.33. The summed E-state index contributed by atoms with van der Waals surface area (Å²) in [4.78, 5) is 0. The molecular weight excluding hydrogens is 326 g/mol. The van der Waals surface area contributed by atoms with Gasteiger partial charge in [0.05, 0.1) is 16.4 Å². The van der Waals surface area contributed by atoms with Gasteiger partial charge in [0.15, 0.2) is 0 Å². The fourth-order valence-electron chi connectivity index (χ4n) is 1.58. The molecule has 3 nitrogen and oxygen atoms in total. The van der Waals surface area contributed by atoms with Crippen LogP contribution in [0.2, 0.25) is 5.02 Å². The first-order chi connectivity index (χ1) is 8.85. The summed E-state index contributed by atoms with van der Waals surface area (Å²) in [6.07, 6.45) is 1.94. The zero-order valence-corrected chi connectivity index (χ0v) is 13.6. The van der Waals surface area contributed by atoms with Crippen molar-refractivity contribution >= 4 is 27.5 Å². The molecule has 2 rings (SSSR count). The molecule has 0 bridgehead atoms. The van der Waals surface area contributed by atoms with Gasteiger partial charge in [0, 0.05) is 22.8 Å². The Morgan fingerprint density at radius 3 is 2.68 bits per heavy atom. The Hall–Kier alpha value is -0.840. The first-order valence-electron chi connectivity index (χ1n) is 6.10. The van der Waals surface area contributed by atoms with Crippen LogP contribution in [0.25, 0.3) is 5.69 Å². The lowest BCUT2D eigenvalue weighted by Crippen LogP contribution is -2.35. The lowest BCUT2D eigenvalue weighted by atomic mass is 10.1. The molecule has 0 radical (unpaired) electrons. The van der Waals surface area contributed by atoms with Crippen LogP contribution in [0.3, 0.4) is 0 Å². The van der Waals surface area contributed by atoms with Crippen molar-refractivity contribution in [2.45, 2.75) is 32.9 Å². The number of halogens is 2. The van der Waals surface area contributed by atoms with E-state index in [9.17, 15) is 0 Å². The van der Waals surface area contributed by atoms with Gasteiger partial charge in [-0.2, -0.15) is 5.10 Å². The molecule has 1 aromatic carbocycles. The van der Waals surface area contributed by atoms with E-state index in [1.807, 2.05) is 35.1 Å². The van der Waals surface area contributed by atoms with Crippen LogP contribution in [0.5, 0.6) is 0 Å². The normalized spacial score (nSPS) is 11.8. The molecule has 102 valence electrons. The third kappa shape index (κ3) is 4.06. The van der Waals surface area contributed by atoms with E-state index in [0.29, 0.717) is 5.02 Å². The number of rotatable bonds is 3. The number of hydrogen-bond acceptors (Lipinski definition) is 2. The van der Waals surface area contributed by atoms with E-state index in [-0.39, 0.29) is 5.54 Å². The second-order valence-corrected chi connectivity index (χ2v) is 6.72. The standard InChI is InChI=1S/C14H17BrClN3/c1-14(2,3)17-9-10-6-7-19(18-10)11-4-5-12(15)13(16)8-11/h4-8,17H,9H2,1-3H3. The Balaban J connectivity index is 2.14. The highest BCUT2D eigenvalue weighted by molar-refractivity contribution is 9.10. The minimum Gasteiger partial charge on any atom is -0.306 e. The Labute approximate surface area is 127 Å². The molecule has 1 aromatic heterocycles. The molecular formula is C14H17BrClN3. The smallest absolute Gasteiger partial charge is 0.0767 e. The summed E-state index contributed by atoms with van der Waals surface area (Å²) >= 11 is 9.47. The van der Waals surface area contributed by atoms with Crippen LogP contribution < -0.4 is 5.32 Å². The molecule has 0 atom stereocenters. The maximum Gasteiger partial charge on any atom is 0.0767 e. The van der Waals surface area contributed by atoms with Crippen molar-refractivity contribution in [3.05, 3.63) is 45.7 Å². The zero-order chi connectivity index (χ0) is 14.0. The number of hydrogen-bond donors (Lipinski definition) is 1. The van der Waals surface area contributed by atoms with Crippen molar-refractivity contribution < 1.29 is 0 Å². The summed E-state index contributed by atoms with van der Waals surface area (Å²) in [6, 6.07) is 7.80. The molecule has 1 heterocycles. The summed E-state index contributed by atoms with van der Waals surface area (Å²) < 4.78 is 2.72. The maximum atomic E-state index is 6.09. The van der Waals surface area contributed by atoms with Gasteiger partial charge in [-0.25, -0.2) is 4.68 Å². The molecule has 0 unspecified atom stereocenters. The van der Waals surface area contributed by atoms with Crippen molar-refractivity contribution in [2.24, 2.45) is 0 Å². The topological polar surface area (TPSA) is 29.9 Å². The predicted molar refractivity (Wildman–Crippen MR) is 82.9 cm³/mol. The van der Waals surface area contributed by atoms with E-state index in [1.54, 1.807) is 0 Å². The lowest BCUT2D eigenvalue weighted by molar-refractivity contribution is 0.420. The summed E-state index contributed by atoms with van der Waals surface area (Å²) in [5, 5.41) is 8.63. The van der Waals surface area contributed by atoms with E-state index in [0.717, 1.165) is 22.4 Å². The van der Waals surface area contributed by atoms with Crippen LogP contribution in [0.15, 0.2) is 34.9 Å². The molecule has 0 fully saturated rings. The van der Waals surface area contributed by atoms with Crippen LogP contribution in [0, 0.1) is 0 Å². The van der Waals surface area contributed by atoms with Crippen molar-refractivity contribution in [1.29, 1.82) is 0 Å². The van der Waals surface area contributed by atoms with Crippen LogP contribution in [-0.4, -0.2) is 15.3 Å². The van der Waals surface area contributed by atoms with Gasteiger partial charge in [0.1, 0.15) is 0 Å². The van der Waals surface area contributed by atoms with Gasteiger partial charge in [0.2, 0.25) is 0 Å². The van der Waals surface area contributed by atoms with E-state index >= 15 is 0 Å². The van der Waals surface area contributed by atoms with Crippen LogP contribution in [-0.2, 0) is 6.54 Å². The van der Waals surface area contributed by atoms with Gasteiger partial charge in [-0.05, 0) is 61.0 Å². The van der Waals surface area contributed by atoms with Crippen LogP contribution >= 0.6 is 27.5 Å². The number of nitrogens with one attached hydrogen (secondary N) is 1. The fourth-order valence-corrected chi connectivity index (χ4v) is 2.00. The largest absolute Gasteiger partial charge is 0.306 e. The van der Waals surface area contributed by atoms with Crippen LogP contribution in [0.1, 0.15) is 26.5 Å². The third-order valence-electron chi connectivity index (χ3n) is 2.61. The monoisotopic (exact) mass is 341 g/mol. The highest BCUT2D eigenvalue weighted by Gasteiger charge is 2.10. The molecule has 1 N–H and O–H groups in total. The SMILES string of the molecule is CC(C)(C)NCc1ccn(-c2ccc(Br)c(Cl)c2)n1. The van der Waals surface area contributed by atoms with Crippen molar-refractivity contribution in [3.63, 3.8) is 0 Å². The highest BCUT2D eigenvalue weighted by atomic mass is 79.9. The molecule has 2 aromatic rings. The second-order valence-electron chi connectivity index (χ2n) is 5.45. The minimum atomic E-state index is 0.0880. The predicted octanol–water partition coefficient (Wildman–Crippen LogP) is 4.18. The Bertz CT molecular complexity index is 572. The number of benzene rings is 1. The summed E-state index contributed by atoms with van der Waals surface area (Å²) in [5.74, 6) is 0. The number of aromatic nitrogens is 2. The molecule has 0 spiro atoms. The average molecular weight is 343 g/mol. The molecule has 0 saturated carbocycles. The van der Waals surface area contributed by atoms with E-state index in [4.69, 9.17) is 11.6 Å². The lowest BCUT2D eigenvalue weighted by Gasteiger charge is -2.19. The molecule has 0 saturated heterocycles. The third-order valence-corrected chi connectivity index (χ3v) is 3.84. The molecule has 0 aliphatic heterocycles. The van der Waals surface area contributed by atoms with Crippen molar-refractivity contribution in [1.82, 2.24) is 15.1 Å². The summed E-state index contributed by atoms with van der Waals surface area (Å²) in [7, 11) is 0. The van der Waals surface area contributed by atoms with Gasteiger partial charge in [-0.15, -0.1) is 0 Å².